The smallest absolute Gasteiger partial charge is 0.306 e. The van der Waals surface area contributed by atoms with E-state index in [0.717, 1.165) is 12.7 Å². The van der Waals surface area contributed by atoms with Crippen molar-refractivity contribution >= 4 is 20.6 Å². The molecule has 1 rings (SSSR count). The number of esters is 1. The molecular weight excluding hydrogens is 344 g/mol. The Labute approximate surface area is 160 Å². The number of carbonyl (C=O) groups is 2. The van der Waals surface area contributed by atoms with E-state index >= 15 is 0 Å². The van der Waals surface area contributed by atoms with Crippen molar-refractivity contribution in [3.63, 3.8) is 0 Å². The molecule has 26 heavy (non-hydrogen) atoms. The van der Waals surface area contributed by atoms with Crippen molar-refractivity contribution in [3.05, 3.63) is 12.2 Å². The summed E-state index contributed by atoms with van der Waals surface area (Å²) in [7, 11) is -2.03. The van der Waals surface area contributed by atoms with Crippen molar-refractivity contribution in [3.8, 4) is 0 Å². The van der Waals surface area contributed by atoms with Gasteiger partial charge in [0, 0.05) is 5.92 Å². The highest BCUT2D eigenvalue weighted by molar-refractivity contribution is 6.74. The first-order valence-corrected chi connectivity index (χ1v) is 12.6. The Bertz CT molecular complexity index is 525. The van der Waals surface area contributed by atoms with E-state index in [1.165, 1.54) is 0 Å². The SMILES string of the molecule is C[C@H](C=O)[C@H](O[Si](C)(C)C(C)(C)C)[C@H]1CC=C[C@H]1CC(=O)OC(C)(C)C. The molecule has 0 saturated carbocycles. The molecule has 150 valence electrons. The van der Waals surface area contributed by atoms with Crippen LogP contribution in [-0.2, 0) is 18.8 Å². The van der Waals surface area contributed by atoms with Crippen molar-refractivity contribution in [1.29, 1.82) is 0 Å². The summed E-state index contributed by atoms with van der Waals surface area (Å²) >= 11 is 0. The second kappa shape index (κ2) is 8.38. The maximum Gasteiger partial charge on any atom is 0.306 e. The minimum absolute atomic E-state index is 0.0574. The fourth-order valence-electron chi connectivity index (χ4n) is 3.08. The van der Waals surface area contributed by atoms with Crippen LogP contribution in [0.15, 0.2) is 12.2 Å². The normalized spacial score (nSPS) is 23.6. The van der Waals surface area contributed by atoms with Gasteiger partial charge in [0.1, 0.15) is 11.9 Å². The summed E-state index contributed by atoms with van der Waals surface area (Å²) in [5, 5.41) is 0.0700. The van der Waals surface area contributed by atoms with Crippen LogP contribution in [0.2, 0.25) is 18.1 Å². The zero-order valence-electron chi connectivity index (χ0n) is 18.1. The molecule has 0 saturated heterocycles. The third kappa shape index (κ3) is 6.34. The molecule has 0 aromatic rings. The van der Waals surface area contributed by atoms with E-state index in [0.29, 0.717) is 6.42 Å². The van der Waals surface area contributed by atoms with Gasteiger partial charge in [-0.15, -0.1) is 0 Å². The van der Waals surface area contributed by atoms with Crippen molar-refractivity contribution in [2.45, 2.75) is 91.1 Å². The number of hydrogen-bond acceptors (Lipinski definition) is 4. The predicted octanol–water partition coefficient (Wildman–Crippen LogP) is 5.14. The topological polar surface area (TPSA) is 52.6 Å². The Kier molecular flexibility index (Phi) is 7.45. The standard InChI is InChI=1S/C21H38O4Si/c1-15(14-22)19(25-26(8,9)21(5,6)7)17-12-10-11-16(17)13-18(23)24-20(2,3)4/h10-11,14-17,19H,12-13H2,1-9H3/t15-,16+,17+,19+/m1/s1. The minimum atomic E-state index is -2.03. The molecule has 0 amide bonds. The van der Waals surface area contributed by atoms with E-state index in [2.05, 4.69) is 46.0 Å². The van der Waals surface area contributed by atoms with E-state index < -0.39 is 13.9 Å². The van der Waals surface area contributed by atoms with Crippen LogP contribution in [0.25, 0.3) is 0 Å². The molecule has 0 unspecified atom stereocenters. The lowest BCUT2D eigenvalue weighted by Gasteiger charge is -2.43. The third-order valence-corrected chi connectivity index (χ3v) is 10.0. The van der Waals surface area contributed by atoms with E-state index in [1.54, 1.807) is 0 Å². The highest BCUT2D eigenvalue weighted by atomic mass is 28.4. The van der Waals surface area contributed by atoms with Crippen LogP contribution in [-0.4, -0.2) is 32.3 Å². The van der Waals surface area contributed by atoms with Crippen LogP contribution in [0.1, 0.15) is 61.3 Å². The Morgan fingerprint density at radius 3 is 2.27 bits per heavy atom. The van der Waals surface area contributed by atoms with Gasteiger partial charge in [-0.1, -0.05) is 39.8 Å². The Morgan fingerprint density at radius 1 is 1.23 bits per heavy atom. The van der Waals surface area contributed by atoms with Crippen molar-refractivity contribution in [2.24, 2.45) is 17.8 Å². The van der Waals surface area contributed by atoms with Crippen molar-refractivity contribution in [1.82, 2.24) is 0 Å². The molecule has 0 aliphatic heterocycles. The summed E-state index contributed by atoms with van der Waals surface area (Å²) in [4.78, 5) is 23.9. The maximum absolute atomic E-state index is 12.3. The van der Waals surface area contributed by atoms with Gasteiger partial charge in [0.2, 0.25) is 0 Å². The maximum atomic E-state index is 12.3. The number of rotatable bonds is 7. The summed E-state index contributed by atoms with van der Waals surface area (Å²) in [5.74, 6) is -0.196. The summed E-state index contributed by atoms with van der Waals surface area (Å²) in [5.41, 5.74) is -0.484. The van der Waals surface area contributed by atoms with Gasteiger partial charge in [-0.2, -0.15) is 0 Å². The average Bonchev–Trinajstić information content (AvgIpc) is 2.88. The lowest BCUT2D eigenvalue weighted by Crippen LogP contribution is -2.48. The van der Waals surface area contributed by atoms with E-state index in [4.69, 9.17) is 9.16 Å². The molecule has 0 N–H and O–H groups in total. The molecule has 0 heterocycles. The first kappa shape index (κ1) is 23.1. The van der Waals surface area contributed by atoms with Crippen LogP contribution in [0.4, 0.5) is 0 Å². The first-order chi connectivity index (χ1) is 11.7. The van der Waals surface area contributed by atoms with Gasteiger partial charge in [-0.25, -0.2) is 0 Å². The Balaban J connectivity index is 2.96. The van der Waals surface area contributed by atoms with E-state index in [9.17, 15) is 9.59 Å². The van der Waals surface area contributed by atoms with Gasteiger partial charge in [0.15, 0.2) is 8.32 Å². The lowest BCUT2D eigenvalue weighted by molar-refractivity contribution is -0.156. The molecule has 0 spiro atoms. The average molecular weight is 383 g/mol. The highest BCUT2D eigenvalue weighted by Crippen LogP contribution is 2.42. The molecule has 4 atom stereocenters. The lowest BCUT2D eigenvalue weighted by atomic mass is 9.83. The summed E-state index contributed by atoms with van der Waals surface area (Å²) in [6.07, 6.45) is 6.19. The molecule has 1 aliphatic carbocycles. The van der Waals surface area contributed by atoms with Crippen LogP contribution in [0.3, 0.4) is 0 Å². The van der Waals surface area contributed by atoms with Gasteiger partial charge in [-0.3, -0.25) is 4.79 Å². The monoisotopic (exact) mass is 382 g/mol. The van der Waals surface area contributed by atoms with Gasteiger partial charge < -0.3 is 14.0 Å². The van der Waals surface area contributed by atoms with Crippen LogP contribution in [0, 0.1) is 17.8 Å². The minimum Gasteiger partial charge on any atom is -0.460 e. The molecule has 0 fully saturated rings. The third-order valence-electron chi connectivity index (χ3n) is 5.56. The van der Waals surface area contributed by atoms with Crippen LogP contribution >= 0.6 is 0 Å². The molecule has 1 aliphatic rings. The number of ether oxygens (including phenoxy) is 1. The second-order valence-corrected chi connectivity index (χ2v) is 14.9. The first-order valence-electron chi connectivity index (χ1n) is 9.69. The number of allylic oxidation sites excluding steroid dienone is 2. The molecule has 0 aromatic carbocycles. The Hall–Kier alpha value is -0.943. The largest absolute Gasteiger partial charge is 0.460 e. The molecule has 4 nitrogen and oxygen atoms in total. The van der Waals surface area contributed by atoms with Gasteiger partial charge in [0.25, 0.3) is 0 Å². The number of aldehydes is 1. The quantitative estimate of drug-likeness (QED) is 0.265. The van der Waals surface area contributed by atoms with Crippen molar-refractivity contribution < 1.29 is 18.8 Å². The molecule has 0 aromatic heterocycles. The number of carbonyl (C=O) groups excluding carboxylic acids is 2. The Morgan fingerprint density at radius 2 is 1.81 bits per heavy atom. The van der Waals surface area contributed by atoms with Gasteiger partial charge in [-0.05, 0) is 57.2 Å². The van der Waals surface area contributed by atoms with Crippen LogP contribution < -0.4 is 0 Å². The molecule has 0 radical (unpaired) electrons. The zero-order valence-corrected chi connectivity index (χ0v) is 19.1. The molecule has 5 heteroatoms. The van der Waals surface area contributed by atoms with Crippen molar-refractivity contribution in [2.75, 3.05) is 0 Å². The van der Waals surface area contributed by atoms with E-state index in [-0.39, 0.29) is 34.9 Å². The molecule has 0 bridgehead atoms. The fourth-order valence-corrected chi connectivity index (χ4v) is 4.50. The van der Waals surface area contributed by atoms with Gasteiger partial charge in [0.05, 0.1) is 12.5 Å². The van der Waals surface area contributed by atoms with Crippen LogP contribution in [0.5, 0.6) is 0 Å². The summed E-state index contributed by atoms with van der Waals surface area (Å²) < 4.78 is 12.2. The summed E-state index contributed by atoms with van der Waals surface area (Å²) in [6.45, 7) is 18.6. The predicted molar refractivity (Wildman–Crippen MR) is 108 cm³/mol. The second-order valence-electron chi connectivity index (χ2n) is 10.1. The fraction of sp³-hybridized carbons (Fsp3) is 0.810. The highest BCUT2D eigenvalue weighted by Gasteiger charge is 2.44. The zero-order chi connectivity index (χ0) is 20.3. The van der Waals surface area contributed by atoms with Gasteiger partial charge >= 0.3 is 5.97 Å². The molecular formula is C21H38O4Si. The summed E-state index contributed by atoms with van der Waals surface area (Å²) in [6, 6.07) is 0. The van der Waals surface area contributed by atoms with E-state index in [1.807, 2.05) is 27.7 Å². The number of hydrogen-bond donors (Lipinski definition) is 0.